The van der Waals surface area contributed by atoms with Crippen LogP contribution in [0.5, 0.6) is 0 Å². The number of amides is 1. The molecule has 1 N–H and O–H groups in total. The molecule has 1 saturated heterocycles. The molecule has 0 aromatic heterocycles. The lowest BCUT2D eigenvalue weighted by atomic mass is 10.0. The number of carbonyl (C=O) groups is 1. The molecule has 1 aromatic carbocycles. The van der Waals surface area contributed by atoms with Gasteiger partial charge in [-0.15, -0.1) is 0 Å². The quantitative estimate of drug-likeness (QED) is 0.927. The third-order valence-electron chi connectivity index (χ3n) is 3.01. The van der Waals surface area contributed by atoms with Crippen molar-refractivity contribution in [2.75, 3.05) is 18.1 Å². The summed E-state index contributed by atoms with van der Waals surface area (Å²) in [7, 11) is 0. The minimum atomic E-state index is 0.0238. The average Bonchev–Trinajstić information content (AvgIpc) is 2.38. The number of nitrogens with one attached hydrogen (secondary N) is 1. The summed E-state index contributed by atoms with van der Waals surface area (Å²) in [4.78, 5) is 12.0. The van der Waals surface area contributed by atoms with Crippen molar-refractivity contribution >= 4 is 33.6 Å². The van der Waals surface area contributed by atoms with Gasteiger partial charge in [-0.1, -0.05) is 12.1 Å². The van der Waals surface area contributed by atoms with Crippen LogP contribution in [0.15, 0.2) is 28.7 Å². The smallest absolute Gasteiger partial charge is 0.252 e. The number of hydrogen-bond acceptors (Lipinski definition) is 2. The molecule has 92 valence electrons. The molecule has 1 aromatic rings. The van der Waals surface area contributed by atoms with Crippen molar-refractivity contribution < 1.29 is 4.79 Å². The Kier molecular flexibility index (Phi) is 4.92. The molecule has 0 unspecified atom stereocenters. The van der Waals surface area contributed by atoms with Crippen LogP contribution in [0.3, 0.4) is 0 Å². The van der Waals surface area contributed by atoms with Gasteiger partial charge >= 0.3 is 0 Å². The first-order chi connectivity index (χ1) is 8.27. The summed E-state index contributed by atoms with van der Waals surface area (Å²) in [6, 6.07) is 7.54. The first kappa shape index (κ1) is 13.0. The summed E-state index contributed by atoms with van der Waals surface area (Å²) < 4.78 is 0.858. The van der Waals surface area contributed by atoms with Crippen molar-refractivity contribution in [1.82, 2.24) is 5.32 Å². The van der Waals surface area contributed by atoms with E-state index in [1.54, 1.807) is 0 Å². The molecule has 4 heteroatoms. The largest absolute Gasteiger partial charge is 0.352 e. The van der Waals surface area contributed by atoms with E-state index in [9.17, 15) is 4.79 Å². The molecule has 0 atom stereocenters. The monoisotopic (exact) mass is 313 g/mol. The molecule has 17 heavy (non-hydrogen) atoms. The highest BCUT2D eigenvalue weighted by Crippen LogP contribution is 2.22. The van der Waals surface area contributed by atoms with Crippen LogP contribution in [0, 0.1) is 5.92 Å². The molecule has 2 nitrogen and oxygen atoms in total. The Bertz CT molecular complexity index is 391. The zero-order valence-corrected chi connectivity index (χ0v) is 12.0. The second-order valence-electron chi connectivity index (χ2n) is 4.25. The Morgan fingerprint density at radius 2 is 2.06 bits per heavy atom. The molecular weight excluding hydrogens is 298 g/mol. The van der Waals surface area contributed by atoms with Crippen molar-refractivity contribution in [2.45, 2.75) is 12.8 Å². The maximum Gasteiger partial charge on any atom is 0.252 e. The van der Waals surface area contributed by atoms with E-state index >= 15 is 0 Å². The molecule has 2 rings (SSSR count). The molecule has 1 aliphatic heterocycles. The van der Waals surface area contributed by atoms with Crippen molar-refractivity contribution in [3.63, 3.8) is 0 Å². The third-order valence-corrected chi connectivity index (χ3v) is 4.75. The molecule has 1 amide bonds. The molecule has 0 saturated carbocycles. The minimum absolute atomic E-state index is 0.0238. The van der Waals surface area contributed by atoms with Crippen LogP contribution in [0.4, 0.5) is 0 Å². The topological polar surface area (TPSA) is 29.1 Å². The van der Waals surface area contributed by atoms with Gasteiger partial charge in [0.05, 0.1) is 5.56 Å². The van der Waals surface area contributed by atoms with Crippen LogP contribution in [0.1, 0.15) is 23.2 Å². The Balaban J connectivity index is 1.87. The highest BCUT2D eigenvalue weighted by molar-refractivity contribution is 9.10. The fourth-order valence-electron chi connectivity index (χ4n) is 1.93. The summed E-state index contributed by atoms with van der Waals surface area (Å²) in [6.07, 6.45) is 2.45. The number of benzene rings is 1. The zero-order valence-electron chi connectivity index (χ0n) is 9.62. The van der Waals surface area contributed by atoms with Gasteiger partial charge in [-0.3, -0.25) is 4.79 Å². The van der Waals surface area contributed by atoms with Gasteiger partial charge in [-0.05, 0) is 58.3 Å². The standard InChI is InChI=1S/C13H16BrNOS/c14-12-4-2-1-3-11(12)13(16)15-9-10-5-7-17-8-6-10/h1-4,10H,5-9H2,(H,15,16). The number of hydrogen-bond donors (Lipinski definition) is 1. The summed E-state index contributed by atoms with van der Waals surface area (Å²) in [5, 5.41) is 3.03. The minimum Gasteiger partial charge on any atom is -0.352 e. The van der Waals surface area contributed by atoms with Crippen molar-refractivity contribution in [3.8, 4) is 0 Å². The fraction of sp³-hybridized carbons (Fsp3) is 0.462. The SMILES string of the molecule is O=C(NCC1CCSCC1)c1ccccc1Br. The van der Waals surface area contributed by atoms with Gasteiger partial charge in [0.15, 0.2) is 0 Å². The van der Waals surface area contributed by atoms with Crippen molar-refractivity contribution in [3.05, 3.63) is 34.3 Å². The van der Waals surface area contributed by atoms with E-state index in [1.165, 1.54) is 24.3 Å². The van der Waals surface area contributed by atoms with Crippen molar-refractivity contribution in [1.29, 1.82) is 0 Å². The maximum atomic E-state index is 12.0. The number of halogens is 1. The average molecular weight is 314 g/mol. The Morgan fingerprint density at radius 1 is 1.35 bits per heavy atom. The lowest BCUT2D eigenvalue weighted by Gasteiger charge is -2.21. The zero-order chi connectivity index (χ0) is 12.1. The third kappa shape index (κ3) is 3.75. The van der Waals surface area contributed by atoms with Gasteiger partial charge in [-0.2, -0.15) is 11.8 Å². The normalized spacial score (nSPS) is 16.8. The highest BCUT2D eigenvalue weighted by atomic mass is 79.9. The Hall–Kier alpha value is -0.480. The van der Waals surface area contributed by atoms with Gasteiger partial charge in [-0.25, -0.2) is 0 Å². The molecule has 1 aliphatic rings. The summed E-state index contributed by atoms with van der Waals surface area (Å²) >= 11 is 5.41. The molecular formula is C13H16BrNOS. The predicted octanol–water partition coefficient (Wildman–Crippen LogP) is 3.32. The second kappa shape index (κ2) is 6.45. The van der Waals surface area contributed by atoms with Crippen LogP contribution in [-0.2, 0) is 0 Å². The van der Waals surface area contributed by atoms with Crippen LogP contribution in [0.2, 0.25) is 0 Å². The van der Waals surface area contributed by atoms with E-state index in [-0.39, 0.29) is 5.91 Å². The summed E-state index contributed by atoms with van der Waals surface area (Å²) in [5.41, 5.74) is 0.720. The van der Waals surface area contributed by atoms with Gasteiger partial charge < -0.3 is 5.32 Å². The first-order valence-electron chi connectivity index (χ1n) is 5.88. The molecule has 0 aliphatic carbocycles. The molecule has 1 fully saturated rings. The molecule has 0 spiro atoms. The first-order valence-corrected chi connectivity index (χ1v) is 7.82. The highest BCUT2D eigenvalue weighted by Gasteiger charge is 2.15. The van der Waals surface area contributed by atoms with Gasteiger partial charge in [0.25, 0.3) is 5.91 Å². The van der Waals surface area contributed by atoms with E-state index in [0.29, 0.717) is 5.92 Å². The number of carbonyl (C=O) groups excluding carboxylic acids is 1. The Labute approximate surface area is 115 Å². The Morgan fingerprint density at radius 3 is 2.76 bits per heavy atom. The lowest BCUT2D eigenvalue weighted by molar-refractivity contribution is 0.0945. The van der Waals surface area contributed by atoms with Gasteiger partial charge in [0.1, 0.15) is 0 Å². The fourth-order valence-corrected chi connectivity index (χ4v) is 3.60. The second-order valence-corrected chi connectivity index (χ2v) is 6.32. The van der Waals surface area contributed by atoms with E-state index < -0.39 is 0 Å². The maximum absolute atomic E-state index is 12.0. The van der Waals surface area contributed by atoms with Gasteiger partial charge in [0.2, 0.25) is 0 Å². The van der Waals surface area contributed by atoms with E-state index in [4.69, 9.17) is 0 Å². The summed E-state index contributed by atoms with van der Waals surface area (Å²) in [5.74, 6) is 3.14. The molecule has 0 bridgehead atoms. The predicted molar refractivity (Wildman–Crippen MR) is 76.5 cm³/mol. The van der Waals surface area contributed by atoms with Crippen LogP contribution in [0.25, 0.3) is 0 Å². The van der Waals surface area contributed by atoms with Crippen molar-refractivity contribution in [2.24, 2.45) is 5.92 Å². The van der Waals surface area contributed by atoms with Crippen LogP contribution < -0.4 is 5.32 Å². The summed E-state index contributed by atoms with van der Waals surface area (Å²) in [6.45, 7) is 0.806. The van der Waals surface area contributed by atoms with Gasteiger partial charge in [0, 0.05) is 11.0 Å². The van der Waals surface area contributed by atoms with Crippen LogP contribution >= 0.6 is 27.7 Å². The lowest BCUT2D eigenvalue weighted by Crippen LogP contribution is -2.31. The molecule has 0 radical (unpaired) electrons. The van der Waals surface area contributed by atoms with Crippen LogP contribution in [-0.4, -0.2) is 24.0 Å². The van der Waals surface area contributed by atoms with E-state index in [0.717, 1.165) is 16.6 Å². The van der Waals surface area contributed by atoms with E-state index in [2.05, 4.69) is 21.2 Å². The number of thioether (sulfide) groups is 1. The molecule has 1 heterocycles. The number of rotatable bonds is 3. The van der Waals surface area contributed by atoms with E-state index in [1.807, 2.05) is 36.0 Å².